The van der Waals surface area contributed by atoms with Crippen LogP contribution in [0.5, 0.6) is 5.75 Å². The fourth-order valence-electron chi connectivity index (χ4n) is 4.22. The number of ether oxygens (including phenoxy) is 1. The van der Waals surface area contributed by atoms with E-state index >= 15 is 0 Å². The molecule has 1 N–H and O–H groups in total. The zero-order valence-corrected chi connectivity index (χ0v) is 18.7. The lowest BCUT2D eigenvalue weighted by molar-refractivity contribution is 0.0573. The van der Waals surface area contributed by atoms with Gasteiger partial charge in [0.2, 0.25) is 10.0 Å². The van der Waals surface area contributed by atoms with Crippen LogP contribution >= 0.6 is 0 Å². The molecule has 0 radical (unpaired) electrons. The van der Waals surface area contributed by atoms with Crippen LogP contribution in [0.3, 0.4) is 0 Å². The molecule has 2 aliphatic rings. The van der Waals surface area contributed by atoms with Crippen LogP contribution in [-0.4, -0.2) is 69.0 Å². The lowest BCUT2D eigenvalue weighted by Gasteiger charge is -2.38. The Balaban J connectivity index is 1.76. The third kappa shape index (κ3) is 5.29. The average molecular weight is 424 g/mol. The minimum absolute atomic E-state index is 0.00892. The summed E-state index contributed by atoms with van der Waals surface area (Å²) in [4.78, 5) is 17.3. The van der Waals surface area contributed by atoms with Gasteiger partial charge in [0.25, 0.3) is 5.91 Å². The van der Waals surface area contributed by atoms with E-state index in [9.17, 15) is 13.2 Å². The molecule has 1 saturated heterocycles. The first-order chi connectivity index (χ1) is 13.6. The molecule has 0 unspecified atom stereocenters. The van der Waals surface area contributed by atoms with Gasteiger partial charge in [0, 0.05) is 43.3 Å². The molecule has 1 aliphatic carbocycles. The number of carbonyl (C=O) groups excluding carboxylic acids is 1. The van der Waals surface area contributed by atoms with Crippen LogP contribution in [-0.2, 0) is 10.0 Å². The predicted octanol–water partition coefficient (Wildman–Crippen LogP) is 2.47. The Morgan fingerprint density at radius 2 is 1.72 bits per heavy atom. The normalized spacial score (nSPS) is 19.5. The largest absolute Gasteiger partial charge is 0.495 e. The highest BCUT2D eigenvalue weighted by Gasteiger charge is 2.30. The number of sulfonamides is 1. The van der Waals surface area contributed by atoms with E-state index < -0.39 is 15.6 Å². The van der Waals surface area contributed by atoms with E-state index in [2.05, 4.69) is 9.62 Å². The monoisotopic (exact) mass is 423 g/mol. The Kier molecular flexibility index (Phi) is 6.55. The van der Waals surface area contributed by atoms with Crippen molar-refractivity contribution < 1.29 is 17.9 Å². The summed E-state index contributed by atoms with van der Waals surface area (Å²) >= 11 is 0. The van der Waals surface area contributed by atoms with Crippen LogP contribution in [0, 0.1) is 0 Å². The summed E-state index contributed by atoms with van der Waals surface area (Å²) in [5.41, 5.74) is -0.269. The molecule has 1 heterocycles. The number of nitrogens with one attached hydrogen (secondary N) is 1. The summed E-state index contributed by atoms with van der Waals surface area (Å²) < 4.78 is 33.6. The van der Waals surface area contributed by atoms with Crippen LogP contribution in [0.4, 0.5) is 0 Å². The summed E-state index contributed by atoms with van der Waals surface area (Å²) in [6, 6.07) is 5.28. The van der Waals surface area contributed by atoms with Crippen LogP contribution in [0.1, 0.15) is 56.8 Å². The van der Waals surface area contributed by atoms with Crippen molar-refractivity contribution in [2.75, 3.05) is 33.3 Å². The van der Waals surface area contributed by atoms with Gasteiger partial charge in [-0.25, -0.2) is 13.1 Å². The van der Waals surface area contributed by atoms with Crippen LogP contribution in [0.2, 0.25) is 0 Å². The molecule has 162 valence electrons. The molecule has 7 nitrogen and oxygen atoms in total. The van der Waals surface area contributed by atoms with Crippen molar-refractivity contribution >= 4 is 15.9 Å². The summed E-state index contributed by atoms with van der Waals surface area (Å²) in [5.74, 6) is 0.0929. The first-order valence-corrected chi connectivity index (χ1v) is 11.8. The van der Waals surface area contributed by atoms with E-state index in [1.165, 1.54) is 38.9 Å². The van der Waals surface area contributed by atoms with Gasteiger partial charge in [-0.15, -0.1) is 0 Å². The molecule has 1 saturated carbocycles. The summed E-state index contributed by atoms with van der Waals surface area (Å²) in [6.07, 6.45) is 5.12. The molecule has 0 spiro atoms. The number of piperazine rings is 1. The fourth-order valence-corrected chi connectivity index (χ4v) is 5.83. The fraction of sp³-hybridized carbons (Fsp3) is 0.667. The van der Waals surface area contributed by atoms with Crippen molar-refractivity contribution in [1.82, 2.24) is 14.5 Å². The van der Waals surface area contributed by atoms with E-state index in [4.69, 9.17) is 4.74 Å². The zero-order chi connectivity index (χ0) is 21.2. The van der Waals surface area contributed by atoms with Gasteiger partial charge in [0.05, 0.1) is 7.11 Å². The second kappa shape index (κ2) is 8.62. The lowest BCUT2D eigenvalue weighted by atomic mass is 10.1. The number of methoxy groups -OCH3 is 1. The molecule has 0 atom stereocenters. The van der Waals surface area contributed by atoms with Crippen molar-refractivity contribution in [3.8, 4) is 5.75 Å². The SMILES string of the molecule is COc1ccc(C(=O)N2CCN(C3CCCC3)CC2)cc1S(=O)(=O)NC(C)(C)C. The summed E-state index contributed by atoms with van der Waals surface area (Å²) in [5, 5.41) is 0. The third-order valence-corrected chi connectivity index (χ3v) is 7.36. The lowest BCUT2D eigenvalue weighted by Crippen LogP contribution is -2.51. The molecule has 2 fully saturated rings. The number of nitrogens with zero attached hydrogens (tertiary/aromatic N) is 2. The van der Waals surface area contributed by atoms with Crippen molar-refractivity contribution in [1.29, 1.82) is 0 Å². The van der Waals surface area contributed by atoms with Gasteiger partial charge in [-0.05, 0) is 51.8 Å². The Hall–Kier alpha value is -1.64. The molecule has 29 heavy (non-hydrogen) atoms. The van der Waals surface area contributed by atoms with Crippen LogP contribution in [0.25, 0.3) is 0 Å². The number of hydrogen-bond donors (Lipinski definition) is 1. The number of benzene rings is 1. The first-order valence-electron chi connectivity index (χ1n) is 10.4. The molecular formula is C21H33N3O4S. The Morgan fingerprint density at radius 3 is 2.28 bits per heavy atom. The maximum atomic E-state index is 13.0. The molecule has 8 heteroatoms. The topological polar surface area (TPSA) is 79.0 Å². The minimum Gasteiger partial charge on any atom is -0.495 e. The van der Waals surface area contributed by atoms with E-state index in [0.717, 1.165) is 13.1 Å². The first kappa shape index (κ1) is 22.1. The summed E-state index contributed by atoms with van der Waals surface area (Å²) in [7, 11) is -2.40. The van der Waals surface area contributed by atoms with Gasteiger partial charge in [0.1, 0.15) is 10.6 Å². The molecule has 1 aromatic rings. The molecular weight excluding hydrogens is 390 g/mol. The van der Waals surface area contributed by atoms with E-state index in [1.807, 2.05) is 4.90 Å². The molecule has 1 amide bonds. The number of carbonyl (C=O) groups is 1. The second-order valence-electron chi connectivity index (χ2n) is 8.99. The predicted molar refractivity (Wildman–Crippen MR) is 113 cm³/mol. The van der Waals surface area contributed by atoms with Crippen molar-refractivity contribution in [2.24, 2.45) is 0 Å². The van der Waals surface area contributed by atoms with E-state index in [-0.39, 0.29) is 16.6 Å². The van der Waals surface area contributed by atoms with Crippen molar-refractivity contribution in [3.63, 3.8) is 0 Å². The Labute approximate surface area is 174 Å². The zero-order valence-electron chi connectivity index (χ0n) is 17.9. The highest BCUT2D eigenvalue weighted by Crippen LogP contribution is 2.28. The van der Waals surface area contributed by atoms with Gasteiger partial charge in [-0.3, -0.25) is 9.69 Å². The van der Waals surface area contributed by atoms with Gasteiger partial charge >= 0.3 is 0 Å². The average Bonchev–Trinajstić information content (AvgIpc) is 3.20. The molecule has 1 aliphatic heterocycles. The number of hydrogen-bond acceptors (Lipinski definition) is 5. The van der Waals surface area contributed by atoms with E-state index in [1.54, 1.807) is 32.9 Å². The van der Waals surface area contributed by atoms with Crippen LogP contribution < -0.4 is 9.46 Å². The molecule has 0 aromatic heterocycles. The van der Waals surface area contributed by atoms with Gasteiger partial charge in [-0.2, -0.15) is 0 Å². The minimum atomic E-state index is -3.82. The molecule has 1 aromatic carbocycles. The van der Waals surface area contributed by atoms with E-state index in [0.29, 0.717) is 24.7 Å². The van der Waals surface area contributed by atoms with Crippen LogP contribution in [0.15, 0.2) is 23.1 Å². The molecule has 3 rings (SSSR count). The standard InChI is InChI=1S/C21H33N3O4S/c1-21(2,3)22-29(26,27)19-15-16(9-10-18(19)28-4)20(25)24-13-11-23(12-14-24)17-7-5-6-8-17/h9-10,15,17,22H,5-8,11-14H2,1-4H3. The van der Waals surface area contributed by atoms with Gasteiger partial charge < -0.3 is 9.64 Å². The highest BCUT2D eigenvalue weighted by atomic mass is 32.2. The molecule has 0 bridgehead atoms. The summed E-state index contributed by atoms with van der Waals surface area (Å²) in [6.45, 7) is 8.42. The van der Waals surface area contributed by atoms with Gasteiger partial charge in [0.15, 0.2) is 0 Å². The Bertz CT molecular complexity index is 834. The maximum Gasteiger partial charge on any atom is 0.253 e. The third-order valence-electron chi connectivity index (χ3n) is 5.58. The smallest absolute Gasteiger partial charge is 0.253 e. The Morgan fingerprint density at radius 1 is 1.10 bits per heavy atom. The quantitative estimate of drug-likeness (QED) is 0.787. The highest BCUT2D eigenvalue weighted by molar-refractivity contribution is 7.89. The van der Waals surface area contributed by atoms with Crippen molar-refractivity contribution in [2.45, 2.75) is 62.9 Å². The number of rotatable bonds is 5. The van der Waals surface area contributed by atoms with Gasteiger partial charge in [-0.1, -0.05) is 12.8 Å². The number of amides is 1. The second-order valence-corrected chi connectivity index (χ2v) is 10.6. The van der Waals surface area contributed by atoms with Crippen molar-refractivity contribution in [3.05, 3.63) is 23.8 Å². The maximum absolute atomic E-state index is 13.0.